The Kier molecular flexibility index (Phi) is 8.93. The van der Waals surface area contributed by atoms with Crippen molar-refractivity contribution in [3.63, 3.8) is 0 Å². The first-order valence-electron chi connectivity index (χ1n) is 12.2. The number of hydrogen-bond acceptors (Lipinski definition) is 5. The van der Waals surface area contributed by atoms with E-state index in [0.29, 0.717) is 0 Å². The first kappa shape index (κ1) is 28.5. The van der Waals surface area contributed by atoms with Crippen LogP contribution >= 0.6 is 11.6 Å². The van der Waals surface area contributed by atoms with Crippen molar-refractivity contribution in [1.29, 1.82) is 0 Å². The maximum absolute atomic E-state index is 14.4. The third-order valence-corrected chi connectivity index (χ3v) is 6.47. The average Bonchev–Trinajstić information content (AvgIpc) is 3.37. The van der Waals surface area contributed by atoms with Crippen LogP contribution in [-0.2, 0) is 17.9 Å². The fraction of sp³-hybridized carbons (Fsp3) is 0.172. The van der Waals surface area contributed by atoms with Crippen molar-refractivity contribution >= 4 is 29.4 Å². The normalized spacial score (nSPS) is 11.7. The Labute approximate surface area is 233 Å². The molecule has 1 atom stereocenters. The number of carboxylic acids is 2. The van der Waals surface area contributed by atoms with E-state index in [-0.39, 0.29) is 48.0 Å². The summed E-state index contributed by atoms with van der Waals surface area (Å²) in [6, 6.07) is 22.1. The molecule has 0 bridgehead atoms. The molecular weight excluding hydrogens is 541 g/mol. The number of rotatable bonds is 11. The van der Waals surface area contributed by atoms with Crippen molar-refractivity contribution in [3.8, 4) is 11.1 Å². The predicted molar refractivity (Wildman–Crippen MR) is 145 cm³/mol. The van der Waals surface area contributed by atoms with Crippen molar-refractivity contribution in [2.75, 3.05) is 6.54 Å². The van der Waals surface area contributed by atoms with E-state index >= 15 is 0 Å². The highest BCUT2D eigenvalue weighted by Gasteiger charge is 2.25. The lowest BCUT2D eigenvalue weighted by Crippen LogP contribution is -2.35. The minimum absolute atomic E-state index is 0.0430. The summed E-state index contributed by atoms with van der Waals surface area (Å²) in [4.78, 5) is 37.8. The van der Waals surface area contributed by atoms with E-state index in [1.54, 1.807) is 0 Å². The Balaban J connectivity index is 1.61. The highest BCUT2D eigenvalue weighted by Crippen LogP contribution is 2.21. The van der Waals surface area contributed by atoms with Crippen LogP contribution in [0.4, 0.5) is 4.39 Å². The van der Waals surface area contributed by atoms with Crippen LogP contribution in [0.25, 0.3) is 11.1 Å². The smallest absolute Gasteiger partial charge is 0.354 e. The van der Waals surface area contributed by atoms with E-state index in [9.17, 15) is 29.0 Å². The first-order valence-corrected chi connectivity index (χ1v) is 12.6. The number of halogens is 2. The van der Waals surface area contributed by atoms with Crippen molar-refractivity contribution in [3.05, 3.63) is 112 Å². The molecule has 11 heteroatoms. The van der Waals surface area contributed by atoms with E-state index in [2.05, 4.69) is 5.10 Å². The Morgan fingerprint density at radius 3 is 2.25 bits per heavy atom. The van der Waals surface area contributed by atoms with Crippen molar-refractivity contribution < 1.29 is 34.1 Å². The molecular formula is C29H25ClFN3O6. The Bertz CT molecular complexity index is 1520. The number of aliphatic hydroxyl groups is 1. The van der Waals surface area contributed by atoms with Gasteiger partial charge in [0, 0.05) is 36.2 Å². The largest absolute Gasteiger partial charge is 0.479 e. The van der Waals surface area contributed by atoms with Gasteiger partial charge in [-0.2, -0.15) is 5.10 Å². The summed E-state index contributed by atoms with van der Waals surface area (Å²) in [6.07, 6.45) is -1.96. The molecule has 206 valence electrons. The van der Waals surface area contributed by atoms with E-state index in [1.807, 2.05) is 54.6 Å². The van der Waals surface area contributed by atoms with Gasteiger partial charge >= 0.3 is 11.9 Å². The zero-order chi connectivity index (χ0) is 28.8. The highest BCUT2D eigenvalue weighted by molar-refractivity contribution is 6.30. The number of hydrogen-bond donors (Lipinski definition) is 3. The molecule has 1 aromatic heterocycles. The van der Waals surface area contributed by atoms with Crippen LogP contribution in [0.15, 0.2) is 78.9 Å². The van der Waals surface area contributed by atoms with Crippen LogP contribution < -0.4 is 0 Å². The number of benzene rings is 3. The molecule has 1 amide bonds. The molecule has 0 saturated heterocycles. The van der Waals surface area contributed by atoms with Crippen LogP contribution in [0.1, 0.15) is 38.5 Å². The fourth-order valence-corrected chi connectivity index (χ4v) is 4.25. The van der Waals surface area contributed by atoms with E-state index in [4.69, 9.17) is 16.7 Å². The van der Waals surface area contributed by atoms with Gasteiger partial charge in [-0.25, -0.2) is 14.0 Å². The van der Waals surface area contributed by atoms with Crippen LogP contribution in [0, 0.1) is 5.82 Å². The second-order valence-corrected chi connectivity index (χ2v) is 9.48. The summed E-state index contributed by atoms with van der Waals surface area (Å²) in [5, 5.41) is 32.9. The Hall–Kier alpha value is -4.54. The zero-order valence-electron chi connectivity index (χ0n) is 21.1. The summed E-state index contributed by atoms with van der Waals surface area (Å²) in [5.41, 5.74) is 2.25. The van der Waals surface area contributed by atoms with Gasteiger partial charge < -0.3 is 20.2 Å². The third kappa shape index (κ3) is 6.90. The molecule has 3 N–H and O–H groups in total. The SMILES string of the molecule is O=C(O)c1cc(C(=O)N(CC[C@@H](O)C(=O)O)Cc2ccc(-c3ccccc3)cc2)nn1Cc1ccc(Cl)cc1F. The molecule has 4 aromatic rings. The number of carbonyl (C=O) groups is 3. The predicted octanol–water partition coefficient (Wildman–Crippen LogP) is 4.57. The van der Waals surface area contributed by atoms with Gasteiger partial charge in [-0.05, 0) is 28.8 Å². The zero-order valence-corrected chi connectivity index (χ0v) is 21.8. The number of nitrogens with zero attached hydrogens (tertiary/aromatic N) is 3. The number of aliphatic hydroxyl groups excluding tert-OH is 1. The van der Waals surface area contributed by atoms with Gasteiger partial charge in [0.2, 0.25) is 0 Å². The van der Waals surface area contributed by atoms with Crippen LogP contribution in [-0.4, -0.2) is 60.5 Å². The lowest BCUT2D eigenvalue weighted by Gasteiger charge is -2.23. The summed E-state index contributed by atoms with van der Waals surface area (Å²) < 4.78 is 15.4. The van der Waals surface area contributed by atoms with Crippen molar-refractivity contribution in [2.24, 2.45) is 0 Å². The molecule has 0 fully saturated rings. The maximum Gasteiger partial charge on any atom is 0.354 e. The Morgan fingerprint density at radius 1 is 0.950 bits per heavy atom. The molecule has 3 aromatic carbocycles. The van der Waals surface area contributed by atoms with Gasteiger partial charge in [0.15, 0.2) is 11.8 Å². The minimum Gasteiger partial charge on any atom is -0.479 e. The molecule has 0 aliphatic carbocycles. The summed E-state index contributed by atoms with van der Waals surface area (Å²) in [6.45, 7) is -0.369. The molecule has 0 unspecified atom stereocenters. The van der Waals surface area contributed by atoms with Crippen LogP contribution in [0.2, 0.25) is 5.02 Å². The monoisotopic (exact) mass is 565 g/mol. The van der Waals surface area contributed by atoms with E-state index in [1.165, 1.54) is 17.0 Å². The van der Waals surface area contributed by atoms with Gasteiger partial charge in [0.25, 0.3) is 5.91 Å². The van der Waals surface area contributed by atoms with Gasteiger partial charge in [0.05, 0.1) is 6.54 Å². The standard InChI is InChI=1S/C29H25ClFN3O6/c30-22-11-10-21(23(31)14-22)17-34-25(28(37)38)15-24(32-34)27(36)33(13-12-26(35)29(39)40)16-18-6-8-20(9-7-18)19-4-2-1-3-5-19/h1-11,14-15,26,35H,12-13,16-17H2,(H,37,38)(H,39,40)/t26-/m1/s1. The van der Waals surface area contributed by atoms with Gasteiger partial charge in [0.1, 0.15) is 11.5 Å². The molecule has 0 spiro atoms. The summed E-state index contributed by atoms with van der Waals surface area (Å²) in [5.74, 6) is -4.13. The molecule has 9 nitrogen and oxygen atoms in total. The number of aliphatic carboxylic acids is 1. The summed E-state index contributed by atoms with van der Waals surface area (Å²) in [7, 11) is 0. The number of amides is 1. The third-order valence-electron chi connectivity index (χ3n) is 6.23. The van der Waals surface area contributed by atoms with Crippen LogP contribution in [0.5, 0.6) is 0 Å². The lowest BCUT2D eigenvalue weighted by molar-refractivity contribution is -0.147. The van der Waals surface area contributed by atoms with Gasteiger partial charge in [-0.15, -0.1) is 0 Å². The minimum atomic E-state index is -1.70. The number of carboxylic acid groups (broad SMARTS) is 2. The van der Waals surface area contributed by atoms with Crippen LogP contribution in [0.3, 0.4) is 0 Å². The highest BCUT2D eigenvalue weighted by atomic mass is 35.5. The molecule has 40 heavy (non-hydrogen) atoms. The molecule has 1 heterocycles. The van der Waals surface area contributed by atoms with Gasteiger partial charge in [-0.1, -0.05) is 72.3 Å². The lowest BCUT2D eigenvalue weighted by atomic mass is 10.0. The second-order valence-electron chi connectivity index (χ2n) is 9.05. The number of carbonyl (C=O) groups excluding carboxylic acids is 1. The maximum atomic E-state index is 14.4. The fourth-order valence-electron chi connectivity index (χ4n) is 4.09. The first-order chi connectivity index (χ1) is 19.1. The van der Waals surface area contributed by atoms with Crippen molar-refractivity contribution in [1.82, 2.24) is 14.7 Å². The molecule has 0 saturated carbocycles. The molecule has 0 aliphatic heterocycles. The topological polar surface area (TPSA) is 133 Å². The van der Waals surface area contributed by atoms with Crippen molar-refractivity contribution in [2.45, 2.75) is 25.6 Å². The average molecular weight is 566 g/mol. The molecule has 0 aliphatic rings. The molecule has 0 radical (unpaired) electrons. The number of aromatic nitrogens is 2. The van der Waals surface area contributed by atoms with E-state index in [0.717, 1.165) is 33.5 Å². The Morgan fingerprint density at radius 2 is 1.62 bits per heavy atom. The molecule has 4 rings (SSSR count). The summed E-state index contributed by atoms with van der Waals surface area (Å²) >= 11 is 5.80. The van der Waals surface area contributed by atoms with E-state index < -0.39 is 29.8 Å². The number of aromatic carboxylic acids is 1. The quantitative estimate of drug-likeness (QED) is 0.243. The second kappa shape index (κ2) is 12.5. The van der Waals surface area contributed by atoms with Gasteiger partial charge in [-0.3, -0.25) is 9.48 Å².